The van der Waals surface area contributed by atoms with E-state index in [1.807, 2.05) is 72.0 Å². The topological polar surface area (TPSA) is 51.8 Å². The number of fused-ring (bicyclic) bond motifs is 6. The van der Waals surface area contributed by atoms with Crippen LogP contribution in [0.15, 0.2) is 217 Å². The van der Waals surface area contributed by atoms with Crippen LogP contribution in [0.4, 0.5) is 0 Å². The number of aromatic nitrogens is 3. The van der Waals surface area contributed by atoms with Gasteiger partial charge in [0.2, 0.25) is 0 Å². The molecule has 0 atom stereocenters. The van der Waals surface area contributed by atoms with Crippen LogP contribution in [0, 0.1) is 0 Å². The molecule has 3 aromatic heterocycles. The maximum atomic E-state index is 6.15. The molecule has 3 heterocycles. The van der Waals surface area contributed by atoms with Crippen molar-refractivity contribution in [2.24, 2.45) is 0 Å². The predicted octanol–water partition coefficient (Wildman–Crippen LogP) is 15.8. The van der Waals surface area contributed by atoms with Crippen molar-refractivity contribution in [1.82, 2.24) is 15.0 Å². The van der Waals surface area contributed by atoms with Gasteiger partial charge in [0.25, 0.3) is 0 Å². The molecule has 0 fully saturated rings. The van der Waals surface area contributed by atoms with Crippen LogP contribution in [0.3, 0.4) is 0 Å². The standard InChI is InChI=1S/C57H35N3OS/c1-4-14-36(15-5-1)43-34-46(54(38-16-6-2-7-17-38)47(35-43)41-29-31-53-49(32-41)45-21-11-13-23-52(45)62-53)37-24-26-40(27-25-37)56-58-55(39-18-8-3-9-19-39)59-57(60-56)42-28-30-51-48(33-42)44-20-10-12-22-50(44)61-51/h1-35H. The van der Waals surface area contributed by atoms with Crippen LogP contribution in [0.25, 0.3) is 121 Å². The van der Waals surface area contributed by atoms with E-state index in [0.717, 1.165) is 60.9 Å². The molecule has 12 aromatic rings. The summed E-state index contributed by atoms with van der Waals surface area (Å²) in [5, 5.41) is 4.66. The van der Waals surface area contributed by atoms with Gasteiger partial charge in [-0.1, -0.05) is 158 Å². The van der Waals surface area contributed by atoms with Gasteiger partial charge in [0.05, 0.1) is 0 Å². The van der Waals surface area contributed by atoms with Gasteiger partial charge < -0.3 is 4.42 Å². The minimum absolute atomic E-state index is 0.604. The Balaban J connectivity index is 1.03. The molecule has 290 valence electrons. The Kier molecular flexibility index (Phi) is 8.65. The van der Waals surface area contributed by atoms with E-state index in [1.54, 1.807) is 0 Å². The summed E-state index contributed by atoms with van der Waals surface area (Å²) in [5.41, 5.74) is 13.7. The third-order valence-corrected chi connectivity index (χ3v) is 12.9. The summed E-state index contributed by atoms with van der Waals surface area (Å²) in [6, 6.07) is 75.0. The van der Waals surface area contributed by atoms with Crippen LogP contribution in [0.5, 0.6) is 0 Å². The number of para-hydroxylation sites is 1. The third kappa shape index (κ3) is 6.35. The first-order valence-electron chi connectivity index (χ1n) is 20.7. The molecule has 12 rings (SSSR count). The van der Waals surface area contributed by atoms with Crippen molar-refractivity contribution in [2.45, 2.75) is 0 Å². The van der Waals surface area contributed by atoms with E-state index < -0.39 is 0 Å². The summed E-state index contributed by atoms with van der Waals surface area (Å²) in [6.45, 7) is 0. The lowest BCUT2D eigenvalue weighted by molar-refractivity contribution is 0.669. The normalized spacial score (nSPS) is 11.5. The van der Waals surface area contributed by atoms with Gasteiger partial charge in [0, 0.05) is 47.6 Å². The van der Waals surface area contributed by atoms with Crippen LogP contribution in [-0.4, -0.2) is 15.0 Å². The largest absolute Gasteiger partial charge is 0.456 e. The van der Waals surface area contributed by atoms with Crippen molar-refractivity contribution in [2.75, 3.05) is 0 Å². The molecule has 0 amide bonds. The van der Waals surface area contributed by atoms with Crippen molar-refractivity contribution in [3.05, 3.63) is 212 Å². The monoisotopic (exact) mass is 809 g/mol. The predicted molar refractivity (Wildman–Crippen MR) is 258 cm³/mol. The van der Waals surface area contributed by atoms with Gasteiger partial charge in [0.1, 0.15) is 11.2 Å². The van der Waals surface area contributed by atoms with Crippen molar-refractivity contribution in [3.63, 3.8) is 0 Å². The molecule has 9 aromatic carbocycles. The van der Waals surface area contributed by atoms with Crippen molar-refractivity contribution in [3.8, 4) is 78.7 Å². The van der Waals surface area contributed by atoms with Gasteiger partial charge in [-0.15, -0.1) is 11.3 Å². The molecule has 0 saturated carbocycles. The number of rotatable bonds is 7. The molecular formula is C57H35N3OS. The third-order valence-electron chi connectivity index (χ3n) is 11.8. The molecule has 5 heteroatoms. The lowest BCUT2D eigenvalue weighted by atomic mass is 9.84. The average molecular weight is 810 g/mol. The van der Waals surface area contributed by atoms with E-state index in [-0.39, 0.29) is 0 Å². The smallest absolute Gasteiger partial charge is 0.164 e. The molecule has 0 aliphatic heterocycles. The molecule has 0 radical (unpaired) electrons. The fourth-order valence-electron chi connectivity index (χ4n) is 8.72. The molecular weight excluding hydrogens is 775 g/mol. The molecule has 0 N–H and O–H groups in total. The highest BCUT2D eigenvalue weighted by molar-refractivity contribution is 7.25. The van der Waals surface area contributed by atoms with Crippen LogP contribution in [0.1, 0.15) is 0 Å². The zero-order valence-corrected chi connectivity index (χ0v) is 34.2. The maximum absolute atomic E-state index is 6.15. The number of nitrogens with zero attached hydrogens (tertiary/aromatic N) is 3. The van der Waals surface area contributed by atoms with Gasteiger partial charge >= 0.3 is 0 Å². The van der Waals surface area contributed by atoms with Crippen molar-refractivity contribution < 1.29 is 4.42 Å². The molecule has 62 heavy (non-hydrogen) atoms. The second kappa shape index (κ2) is 14.9. The summed E-state index contributed by atoms with van der Waals surface area (Å²) >= 11 is 1.85. The van der Waals surface area contributed by atoms with Crippen LogP contribution >= 0.6 is 11.3 Å². The summed E-state index contributed by atoms with van der Waals surface area (Å²) in [5.74, 6) is 1.83. The summed E-state index contributed by atoms with van der Waals surface area (Å²) in [7, 11) is 0. The number of thiophene rings is 1. The Hall–Kier alpha value is -7.99. The van der Waals surface area contributed by atoms with Gasteiger partial charge in [0.15, 0.2) is 17.5 Å². The van der Waals surface area contributed by atoms with Gasteiger partial charge in [-0.3, -0.25) is 0 Å². The highest BCUT2D eigenvalue weighted by Gasteiger charge is 2.20. The van der Waals surface area contributed by atoms with Crippen LogP contribution in [-0.2, 0) is 0 Å². The Morgan fingerprint density at radius 2 is 0.774 bits per heavy atom. The number of benzene rings is 9. The number of furan rings is 1. The number of hydrogen-bond acceptors (Lipinski definition) is 5. The highest BCUT2D eigenvalue weighted by Crippen LogP contribution is 2.45. The Labute approximate surface area is 362 Å². The lowest BCUT2D eigenvalue weighted by Crippen LogP contribution is -2.00. The average Bonchev–Trinajstić information content (AvgIpc) is 3.92. The number of hydrogen-bond donors (Lipinski definition) is 0. The minimum atomic E-state index is 0.604. The summed E-state index contributed by atoms with van der Waals surface area (Å²) < 4.78 is 8.75. The fourth-order valence-corrected chi connectivity index (χ4v) is 9.81. The zero-order valence-electron chi connectivity index (χ0n) is 33.4. The Morgan fingerprint density at radius 3 is 1.50 bits per heavy atom. The van der Waals surface area contributed by atoms with E-state index in [9.17, 15) is 0 Å². The highest BCUT2D eigenvalue weighted by atomic mass is 32.1. The van der Waals surface area contributed by atoms with E-state index in [0.29, 0.717) is 17.5 Å². The first-order valence-corrected chi connectivity index (χ1v) is 21.6. The summed E-state index contributed by atoms with van der Waals surface area (Å²) in [4.78, 5) is 15.3. The van der Waals surface area contributed by atoms with Gasteiger partial charge in [-0.05, 0) is 99.1 Å². The second-order valence-corrected chi connectivity index (χ2v) is 16.6. The van der Waals surface area contributed by atoms with E-state index >= 15 is 0 Å². The van der Waals surface area contributed by atoms with Gasteiger partial charge in [-0.25, -0.2) is 15.0 Å². The van der Waals surface area contributed by atoms with E-state index in [4.69, 9.17) is 19.4 Å². The van der Waals surface area contributed by atoms with Crippen LogP contribution < -0.4 is 0 Å². The molecule has 0 aliphatic carbocycles. The second-order valence-electron chi connectivity index (χ2n) is 15.5. The Bertz CT molecular complexity index is 3610. The molecule has 0 aliphatic rings. The maximum Gasteiger partial charge on any atom is 0.164 e. The quantitative estimate of drug-likeness (QED) is 0.161. The first-order chi connectivity index (χ1) is 30.7. The molecule has 0 spiro atoms. The van der Waals surface area contributed by atoms with Gasteiger partial charge in [-0.2, -0.15) is 0 Å². The van der Waals surface area contributed by atoms with E-state index in [1.165, 1.54) is 42.4 Å². The SMILES string of the molecule is c1ccc(-c2cc(-c3ccc(-c4nc(-c5ccccc5)nc(-c5ccc6oc7ccccc7c6c5)n4)cc3)c(-c3ccccc3)c(-c3ccc4sc5ccccc5c4c3)c2)cc1. The van der Waals surface area contributed by atoms with E-state index in [2.05, 4.69) is 152 Å². The van der Waals surface area contributed by atoms with Crippen molar-refractivity contribution >= 4 is 53.4 Å². The molecule has 4 nitrogen and oxygen atoms in total. The minimum Gasteiger partial charge on any atom is -0.456 e. The first kappa shape index (κ1) is 35.9. The lowest BCUT2D eigenvalue weighted by Gasteiger charge is -2.19. The van der Waals surface area contributed by atoms with Crippen molar-refractivity contribution in [1.29, 1.82) is 0 Å². The Morgan fingerprint density at radius 1 is 0.290 bits per heavy atom. The molecule has 0 bridgehead atoms. The molecule has 0 unspecified atom stereocenters. The fraction of sp³-hybridized carbons (Fsp3) is 0. The molecule has 0 saturated heterocycles. The van der Waals surface area contributed by atoms with Crippen LogP contribution in [0.2, 0.25) is 0 Å². The summed E-state index contributed by atoms with van der Waals surface area (Å²) in [6.07, 6.45) is 0. The zero-order chi connectivity index (χ0) is 41.0.